The second kappa shape index (κ2) is 6.36. The van der Waals surface area contributed by atoms with E-state index in [2.05, 4.69) is 9.47 Å². The Hall–Kier alpha value is -2.60. The Balaban J connectivity index is 3.15. The SMILES string of the molecule is C#CCOC(=O)c1cc(F)c(OCC#C)c(F)c1F. The molecule has 0 saturated carbocycles. The number of hydrogen-bond donors (Lipinski definition) is 0. The maximum Gasteiger partial charge on any atom is 0.342 e. The Kier molecular flexibility index (Phi) is 4.84. The molecule has 0 aliphatic heterocycles. The van der Waals surface area contributed by atoms with Crippen molar-refractivity contribution in [3.05, 3.63) is 29.1 Å². The summed E-state index contributed by atoms with van der Waals surface area (Å²) in [7, 11) is 0. The van der Waals surface area contributed by atoms with Crippen LogP contribution in [0, 0.1) is 42.1 Å². The van der Waals surface area contributed by atoms with Crippen LogP contribution in [0.3, 0.4) is 0 Å². The molecule has 3 nitrogen and oxygen atoms in total. The Morgan fingerprint density at radius 3 is 2.37 bits per heavy atom. The lowest BCUT2D eigenvalue weighted by Gasteiger charge is -2.09. The van der Waals surface area contributed by atoms with Crippen LogP contribution in [0.2, 0.25) is 0 Å². The molecule has 98 valence electrons. The van der Waals surface area contributed by atoms with Crippen molar-refractivity contribution in [3.8, 4) is 30.4 Å². The van der Waals surface area contributed by atoms with Crippen molar-refractivity contribution in [1.29, 1.82) is 0 Å². The normalized spacial score (nSPS) is 9.32. The Labute approximate surface area is 107 Å². The van der Waals surface area contributed by atoms with E-state index in [4.69, 9.17) is 12.8 Å². The topological polar surface area (TPSA) is 35.5 Å². The molecule has 0 N–H and O–H groups in total. The first kappa shape index (κ1) is 14.5. The van der Waals surface area contributed by atoms with Gasteiger partial charge in [0.1, 0.15) is 12.2 Å². The highest BCUT2D eigenvalue weighted by molar-refractivity contribution is 5.90. The molecule has 0 aliphatic carbocycles. The third-order valence-electron chi connectivity index (χ3n) is 1.92. The number of esters is 1. The van der Waals surface area contributed by atoms with Gasteiger partial charge in [-0.25, -0.2) is 13.6 Å². The van der Waals surface area contributed by atoms with E-state index in [1.807, 2.05) is 11.8 Å². The van der Waals surface area contributed by atoms with Crippen LogP contribution in [0.1, 0.15) is 10.4 Å². The van der Waals surface area contributed by atoms with E-state index in [9.17, 15) is 18.0 Å². The zero-order valence-corrected chi connectivity index (χ0v) is 9.50. The summed E-state index contributed by atoms with van der Waals surface area (Å²) in [6, 6.07) is 0.448. The monoisotopic (exact) mass is 268 g/mol. The van der Waals surface area contributed by atoms with Gasteiger partial charge in [-0.2, -0.15) is 4.39 Å². The molecule has 6 heteroatoms. The van der Waals surface area contributed by atoms with Gasteiger partial charge in [-0.05, 0) is 6.07 Å². The maximum absolute atomic E-state index is 13.5. The zero-order chi connectivity index (χ0) is 14.4. The minimum Gasteiger partial charge on any atom is -0.475 e. The summed E-state index contributed by atoms with van der Waals surface area (Å²) in [6.45, 7) is -0.898. The number of terminal acetylenes is 2. The molecule has 0 fully saturated rings. The fourth-order valence-corrected chi connectivity index (χ4v) is 1.16. The predicted molar refractivity (Wildman–Crippen MR) is 59.8 cm³/mol. The van der Waals surface area contributed by atoms with Gasteiger partial charge in [0.05, 0.1) is 0 Å². The Morgan fingerprint density at radius 2 is 1.79 bits per heavy atom. The summed E-state index contributed by atoms with van der Waals surface area (Å²) in [6.07, 6.45) is 9.66. The molecule has 0 bridgehead atoms. The molecule has 19 heavy (non-hydrogen) atoms. The first-order valence-corrected chi connectivity index (χ1v) is 4.87. The van der Waals surface area contributed by atoms with E-state index in [1.165, 1.54) is 0 Å². The van der Waals surface area contributed by atoms with Crippen molar-refractivity contribution in [2.24, 2.45) is 0 Å². The summed E-state index contributed by atoms with van der Waals surface area (Å²) >= 11 is 0. The highest BCUT2D eigenvalue weighted by Gasteiger charge is 2.24. The van der Waals surface area contributed by atoms with Gasteiger partial charge in [0.15, 0.2) is 24.0 Å². The predicted octanol–water partition coefficient (Wildman–Crippen LogP) is 1.91. The molecule has 0 radical (unpaired) electrons. The molecule has 0 aromatic heterocycles. The van der Waals surface area contributed by atoms with E-state index in [0.29, 0.717) is 6.07 Å². The minimum absolute atomic E-state index is 0.448. The van der Waals surface area contributed by atoms with Gasteiger partial charge >= 0.3 is 5.97 Å². The molecule has 0 saturated heterocycles. The van der Waals surface area contributed by atoms with Gasteiger partial charge in [-0.15, -0.1) is 12.8 Å². The average Bonchev–Trinajstić information content (AvgIpc) is 2.40. The number of hydrogen-bond acceptors (Lipinski definition) is 3. The summed E-state index contributed by atoms with van der Waals surface area (Å²) in [5, 5.41) is 0. The van der Waals surface area contributed by atoms with Crippen LogP contribution >= 0.6 is 0 Å². The molecule has 1 aromatic carbocycles. The lowest BCUT2D eigenvalue weighted by Crippen LogP contribution is -2.11. The molecule has 1 rings (SSSR count). The van der Waals surface area contributed by atoms with Gasteiger partial charge in [0.2, 0.25) is 5.82 Å². The van der Waals surface area contributed by atoms with E-state index in [1.54, 1.807) is 0 Å². The van der Waals surface area contributed by atoms with Crippen LogP contribution in [0.25, 0.3) is 0 Å². The molecule has 0 unspecified atom stereocenters. The van der Waals surface area contributed by atoms with Gasteiger partial charge < -0.3 is 9.47 Å². The zero-order valence-electron chi connectivity index (χ0n) is 9.50. The van der Waals surface area contributed by atoms with Crippen LogP contribution in [-0.2, 0) is 4.74 Å². The summed E-state index contributed by atoms with van der Waals surface area (Å²) in [5.74, 6) is -2.90. The standard InChI is InChI=1S/C13H7F3O3/c1-3-5-18-12-9(14)7-8(10(15)11(12)16)13(17)19-6-4-2/h1-2,7H,5-6H2. The fourth-order valence-electron chi connectivity index (χ4n) is 1.16. The van der Waals surface area contributed by atoms with E-state index in [0.717, 1.165) is 0 Å². The molecule has 0 heterocycles. The number of rotatable bonds is 4. The highest BCUT2D eigenvalue weighted by Crippen LogP contribution is 2.27. The minimum atomic E-state index is -1.66. The number of carbonyl (C=O) groups is 1. The molecular formula is C13H7F3O3. The van der Waals surface area contributed by atoms with Gasteiger partial charge in [0.25, 0.3) is 0 Å². The second-order valence-corrected chi connectivity index (χ2v) is 3.14. The van der Waals surface area contributed by atoms with Crippen LogP contribution in [-0.4, -0.2) is 19.2 Å². The highest BCUT2D eigenvalue weighted by atomic mass is 19.2. The molecule has 0 amide bonds. The van der Waals surface area contributed by atoms with Crippen LogP contribution in [0.4, 0.5) is 13.2 Å². The molecule has 0 aliphatic rings. The first-order valence-electron chi connectivity index (χ1n) is 4.87. The molecular weight excluding hydrogens is 261 g/mol. The molecule has 0 spiro atoms. The number of carbonyl (C=O) groups excluding carboxylic acids is 1. The van der Waals surface area contributed by atoms with Crippen LogP contribution in [0.5, 0.6) is 5.75 Å². The Morgan fingerprint density at radius 1 is 1.16 bits per heavy atom. The van der Waals surface area contributed by atoms with Gasteiger partial charge in [-0.1, -0.05) is 11.8 Å². The number of benzene rings is 1. The number of ether oxygens (including phenoxy) is 2. The van der Waals surface area contributed by atoms with Crippen molar-refractivity contribution < 1.29 is 27.4 Å². The summed E-state index contributed by atoms with van der Waals surface area (Å²) in [4.78, 5) is 11.3. The molecule has 0 atom stereocenters. The van der Waals surface area contributed by atoms with E-state index < -0.39 is 47.9 Å². The van der Waals surface area contributed by atoms with Crippen molar-refractivity contribution in [2.75, 3.05) is 13.2 Å². The smallest absolute Gasteiger partial charge is 0.342 e. The second-order valence-electron chi connectivity index (χ2n) is 3.14. The lowest BCUT2D eigenvalue weighted by atomic mass is 10.2. The Bertz CT molecular complexity index is 582. The van der Waals surface area contributed by atoms with E-state index in [-0.39, 0.29) is 0 Å². The first-order chi connectivity index (χ1) is 9.02. The summed E-state index contributed by atoms with van der Waals surface area (Å²) < 4.78 is 49.3. The maximum atomic E-state index is 13.5. The van der Waals surface area contributed by atoms with Crippen molar-refractivity contribution in [2.45, 2.75) is 0 Å². The van der Waals surface area contributed by atoms with Crippen LogP contribution < -0.4 is 4.74 Å². The van der Waals surface area contributed by atoms with Gasteiger partial charge in [-0.3, -0.25) is 0 Å². The quantitative estimate of drug-likeness (QED) is 0.475. The van der Waals surface area contributed by atoms with Crippen molar-refractivity contribution in [1.82, 2.24) is 0 Å². The van der Waals surface area contributed by atoms with Gasteiger partial charge in [0, 0.05) is 0 Å². The lowest BCUT2D eigenvalue weighted by molar-refractivity contribution is 0.0549. The largest absolute Gasteiger partial charge is 0.475 e. The molecule has 1 aromatic rings. The third-order valence-corrected chi connectivity index (χ3v) is 1.92. The van der Waals surface area contributed by atoms with Crippen molar-refractivity contribution >= 4 is 5.97 Å². The average molecular weight is 268 g/mol. The summed E-state index contributed by atoms with van der Waals surface area (Å²) in [5.41, 5.74) is -0.918. The third kappa shape index (κ3) is 3.20. The van der Waals surface area contributed by atoms with Crippen LogP contribution in [0.15, 0.2) is 6.07 Å². The number of halogens is 3. The van der Waals surface area contributed by atoms with Crippen molar-refractivity contribution in [3.63, 3.8) is 0 Å². The fraction of sp³-hybridized carbons (Fsp3) is 0.154. The van der Waals surface area contributed by atoms with E-state index >= 15 is 0 Å².